The number of carbonyl (C=O) groups excluding carboxylic acids is 1. The Morgan fingerprint density at radius 3 is 2.39 bits per heavy atom. The maximum absolute atomic E-state index is 12.3. The Morgan fingerprint density at radius 2 is 1.83 bits per heavy atom. The molecule has 0 unspecified atom stereocenters. The lowest BCUT2D eigenvalue weighted by molar-refractivity contribution is -0.116. The number of aromatic nitrogens is 2. The lowest BCUT2D eigenvalue weighted by Gasteiger charge is -2.11. The summed E-state index contributed by atoms with van der Waals surface area (Å²) in [6.45, 7) is 3.21. The minimum atomic E-state index is -3.59. The molecule has 1 aromatic carbocycles. The fraction of sp³-hybridized carbons (Fsp3) is 0.333. The van der Waals surface area contributed by atoms with Crippen LogP contribution in [0.3, 0.4) is 0 Å². The number of sulfonamides is 1. The van der Waals surface area contributed by atoms with Gasteiger partial charge in [-0.05, 0) is 26.0 Å². The third-order valence-corrected chi connectivity index (χ3v) is 5.47. The molecular weight excluding hydrogens is 316 g/mol. The van der Waals surface area contributed by atoms with Crippen LogP contribution in [0, 0.1) is 13.8 Å². The van der Waals surface area contributed by atoms with Gasteiger partial charge in [0, 0.05) is 19.8 Å². The Balaban J connectivity index is 2.24. The zero-order valence-corrected chi connectivity index (χ0v) is 14.4. The number of rotatable bonds is 5. The van der Waals surface area contributed by atoms with Gasteiger partial charge in [-0.1, -0.05) is 18.2 Å². The summed E-state index contributed by atoms with van der Waals surface area (Å²) in [5, 5.41) is 6.94. The Bertz CT molecular complexity index is 811. The predicted octanol–water partition coefficient (Wildman–Crippen LogP) is 1.39. The number of benzene rings is 1. The van der Waals surface area contributed by atoms with Crippen molar-refractivity contribution in [2.24, 2.45) is 0 Å². The van der Waals surface area contributed by atoms with Crippen LogP contribution in [0.4, 0.5) is 5.69 Å². The van der Waals surface area contributed by atoms with Crippen molar-refractivity contribution in [3.8, 4) is 0 Å². The minimum Gasteiger partial charge on any atom is -0.324 e. The maximum atomic E-state index is 12.3. The van der Waals surface area contributed by atoms with Gasteiger partial charge in [0.05, 0.1) is 11.4 Å². The zero-order valence-electron chi connectivity index (χ0n) is 13.6. The van der Waals surface area contributed by atoms with Crippen LogP contribution in [-0.2, 0) is 21.4 Å². The zero-order chi connectivity index (χ0) is 17.2. The first-order chi connectivity index (χ1) is 10.7. The molecule has 0 fully saturated rings. The third-order valence-electron chi connectivity index (χ3n) is 3.40. The number of nitrogens with zero attached hydrogens (tertiary/aromatic N) is 3. The standard InChI is InChI=1S/C15H20N4O3S/c1-11-15(23(21,22)18(3)4)12(2)19(17-11)10-14(20)16-13-8-6-5-7-9-13/h5-9H,10H2,1-4H3,(H,16,20). The highest BCUT2D eigenvalue weighted by molar-refractivity contribution is 7.89. The van der Waals surface area contributed by atoms with E-state index in [1.807, 2.05) is 18.2 Å². The molecule has 0 aliphatic heterocycles. The third kappa shape index (κ3) is 3.59. The molecule has 0 saturated heterocycles. The highest BCUT2D eigenvalue weighted by Crippen LogP contribution is 2.22. The molecule has 0 atom stereocenters. The summed E-state index contributed by atoms with van der Waals surface area (Å²) in [7, 11) is -0.662. The van der Waals surface area contributed by atoms with Crippen molar-refractivity contribution < 1.29 is 13.2 Å². The monoisotopic (exact) mass is 336 g/mol. The molecule has 0 aliphatic carbocycles. The number of para-hydroxylation sites is 1. The Labute approximate surface area is 136 Å². The normalized spacial score (nSPS) is 11.7. The topological polar surface area (TPSA) is 84.3 Å². The summed E-state index contributed by atoms with van der Waals surface area (Å²) in [6, 6.07) is 9.05. The predicted molar refractivity (Wildman–Crippen MR) is 87.6 cm³/mol. The summed E-state index contributed by atoms with van der Waals surface area (Å²) >= 11 is 0. The van der Waals surface area contributed by atoms with E-state index in [1.165, 1.54) is 18.8 Å². The summed E-state index contributed by atoms with van der Waals surface area (Å²) in [5.41, 5.74) is 1.50. The number of amides is 1. The molecule has 0 saturated carbocycles. The van der Waals surface area contributed by atoms with Gasteiger partial charge in [-0.15, -0.1) is 0 Å². The van der Waals surface area contributed by atoms with Gasteiger partial charge in [0.15, 0.2) is 0 Å². The summed E-state index contributed by atoms with van der Waals surface area (Å²) in [4.78, 5) is 12.3. The second-order valence-corrected chi connectivity index (χ2v) is 7.45. The Kier molecular flexibility index (Phi) is 4.86. The number of hydrogen-bond donors (Lipinski definition) is 1. The average molecular weight is 336 g/mol. The molecule has 2 aromatic rings. The fourth-order valence-corrected chi connectivity index (χ4v) is 3.51. The first kappa shape index (κ1) is 17.2. The molecule has 124 valence electrons. The van der Waals surface area contributed by atoms with E-state index in [2.05, 4.69) is 10.4 Å². The van der Waals surface area contributed by atoms with Crippen molar-refractivity contribution in [3.05, 3.63) is 41.7 Å². The van der Waals surface area contributed by atoms with Crippen molar-refractivity contribution in [3.63, 3.8) is 0 Å². The SMILES string of the molecule is Cc1nn(CC(=O)Nc2ccccc2)c(C)c1S(=O)(=O)N(C)C. The molecule has 23 heavy (non-hydrogen) atoms. The Hall–Kier alpha value is -2.19. The van der Waals surface area contributed by atoms with Gasteiger partial charge in [-0.25, -0.2) is 12.7 Å². The van der Waals surface area contributed by atoms with E-state index < -0.39 is 10.0 Å². The van der Waals surface area contributed by atoms with E-state index >= 15 is 0 Å². The second-order valence-electron chi connectivity index (χ2n) is 5.36. The van der Waals surface area contributed by atoms with Crippen LogP contribution in [0.15, 0.2) is 35.2 Å². The number of carbonyl (C=O) groups is 1. The molecule has 1 heterocycles. The van der Waals surface area contributed by atoms with Gasteiger partial charge < -0.3 is 5.32 Å². The molecule has 8 heteroatoms. The van der Waals surface area contributed by atoms with Crippen LogP contribution in [0.25, 0.3) is 0 Å². The highest BCUT2D eigenvalue weighted by Gasteiger charge is 2.27. The number of hydrogen-bond acceptors (Lipinski definition) is 4. The van der Waals surface area contributed by atoms with Gasteiger partial charge >= 0.3 is 0 Å². The molecule has 0 radical (unpaired) electrons. The number of anilines is 1. The van der Waals surface area contributed by atoms with Crippen LogP contribution in [0.5, 0.6) is 0 Å². The quantitative estimate of drug-likeness (QED) is 0.894. The van der Waals surface area contributed by atoms with Crippen molar-refractivity contribution in [1.82, 2.24) is 14.1 Å². The number of aryl methyl sites for hydroxylation is 1. The molecule has 1 N–H and O–H groups in total. The van der Waals surface area contributed by atoms with Crippen LogP contribution in [-0.4, -0.2) is 42.5 Å². The van der Waals surface area contributed by atoms with Crippen molar-refractivity contribution in [2.75, 3.05) is 19.4 Å². The molecule has 1 amide bonds. The van der Waals surface area contributed by atoms with Crippen LogP contribution >= 0.6 is 0 Å². The van der Waals surface area contributed by atoms with Gasteiger partial charge in [0.1, 0.15) is 11.4 Å². The molecule has 0 spiro atoms. The van der Waals surface area contributed by atoms with E-state index in [9.17, 15) is 13.2 Å². The van der Waals surface area contributed by atoms with E-state index in [4.69, 9.17) is 0 Å². The Morgan fingerprint density at radius 1 is 1.22 bits per heavy atom. The lowest BCUT2D eigenvalue weighted by Crippen LogP contribution is -2.24. The highest BCUT2D eigenvalue weighted by atomic mass is 32.2. The first-order valence-electron chi connectivity index (χ1n) is 7.05. The van der Waals surface area contributed by atoms with E-state index in [1.54, 1.807) is 26.0 Å². The first-order valence-corrected chi connectivity index (χ1v) is 8.49. The van der Waals surface area contributed by atoms with Gasteiger partial charge in [-0.2, -0.15) is 5.10 Å². The van der Waals surface area contributed by atoms with Crippen LogP contribution in [0.1, 0.15) is 11.4 Å². The van der Waals surface area contributed by atoms with E-state index in [-0.39, 0.29) is 17.3 Å². The van der Waals surface area contributed by atoms with E-state index in [0.717, 1.165) is 4.31 Å². The van der Waals surface area contributed by atoms with Gasteiger partial charge in [0.2, 0.25) is 15.9 Å². The molecular formula is C15H20N4O3S. The fourth-order valence-electron chi connectivity index (χ4n) is 2.25. The second kappa shape index (κ2) is 6.51. The molecule has 2 rings (SSSR count). The lowest BCUT2D eigenvalue weighted by atomic mass is 10.3. The van der Waals surface area contributed by atoms with E-state index in [0.29, 0.717) is 17.1 Å². The van der Waals surface area contributed by atoms with Crippen LogP contribution < -0.4 is 5.32 Å². The largest absolute Gasteiger partial charge is 0.324 e. The van der Waals surface area contributed by atoms with Crippen molar-refractivity contribution in [1.29, 1.82) is 0 Å². The van der Waals surface area contributed by atoms with Crippen molar-refractivity contribution >= 4 is 21.6 Å². The average Bonchev–Trinajstić information content (AvgIpc) is 2.74. The van der Waals surface area contributed by atoms with Crippen molar-refractivity contribution in [2.45, 2.75) is 25.3 Å². The van der Waals surface area contributed by atoms with Gasteiger partial charge in [0.25, 0.3) is 0 Å². The smallest absolute Gasteiger partial charge is 0.246 e. The summed E-state index contributed by atoms with van der Waals surface area (Å²) < 4.78 is 27.2. The molecule has 7 nitrogen and oxygen atoms in total. The molecule has 0 bridgehead atoms. The number of nitrogens with one attached hydrogen (secondary N) is 1. The van der Waals surface area contributed by atoms with Gasteiger partial charge in [-0.3, -0.25) is 9.48 Å². The summed E-state index contributed by atoms with van der Waals surface area (Å²) in [5.74, 6) is -0.268. The maximum Gasteiger partial charge on any atom is 0.246 e. The summed E-state index contributed by atoms with van der Waals surface area (Å²) in [6.07, 6.45) is 0. The molecule has 0 aliphatic rings. The van der Waals surface area contributed by atoms with Crippen LogP contribution in [0.2, 0.25) is 0 Å². The molecule has 1 aromatic heterocycles. The minimum absolute atomic E-state index is 0.0511.